The van der Waals surface area contributed by atoms with Crippen LogP contribution in [0.5, 0.6) is 0 Å². The molecule has 1 unspecified atom stereocenters. The highest BCUT2D eigenvalue weighted by Crippen LogP contribution is 2.23. The normalized spacial score (nSPS) is 19.3. The maximum Gasteiger partial charge on any atom is 0.241 e. The zero-order chi connectivity index (χ0) is 14.0. The molecule has 0 saturated carbocycles. The van der Waals surface area contributed by atoms with E-state index in [9.17, 15) is 8.42 Å². The van der Waals surface area contributed by atoms with E-state index in [4.69, 9.17) is 0 Å². The quantitative estimate of drug-likeness (QED) is 0.881. The Morgan fingerprint density at radius 1 is 1.00 bits per heavy atom. The van der Waals surface area contributed by atoms with Crippen molar-refractivity contribution in [1.29, 1.82) is 0 Å². The molecule has 0 aromatic heterocycles. The summed E-state index contributed by atoms with van der Waals surface area (Å²) < 4.78 is 28.0. The molecule has 1 atom stereocenters. The first-order valence-corrected chi connectivity index (χ1v) is 8.30. The van der Waals surface area contributed by atoms with E-state index in [1.165, 1.54) is 0 Å². The van der Waals surface area contributed by atoms with Gasteiger partial charge in [-0.2, -0.15) is 0 Å². The molecule has 0 saturated heterocycles. The van der Waals surface area contributed by atoms with Crippen LogP contribution in [0.4, 0.5) is 0 Å². The Morgan fingerprint density at radius 2 is 1.80 bits per heavy atom. The van der Waals surface area contributed by atoms with Gasteiger partial charge in [0, 0.05) is 11.4 Å². The molecule has 0 aliphatic heterocycles. The van der Waals surface area contributed by atoms with Gasteiger partial charge in [0.2, 0.25) is 10.0 Å². The monoisotopic (exact) mass is 287 g/mol. The van der Waals surface area contributed by atoms with Crippen LogP contribution in [0.15, 0.2) is 59.5 Å². The van der Waals surface area contributed by atoms with E-state index in [1.54, 1.807) is 12.1 Å². The number of benzene rings is 2. The predicted molar refractivity (Wildman–Crippen MR) is 81.0 cm³/mol. The molecule has 104 valence electrons. The molecule has 1 N–H and O–H groups in total. The van der Waals surface area contributed by atoms with Crippen LogP contribution in [0, 0.1) is 0 Å². The number of rotatable bonds is 3. The zero-order valence-electron chi connectivity index (χ0n) is 11.1. The van der Waals surface area contributed by atoms with Crippen molar-refractivity contribution in [1.82, 2.24) is 4.72 Å². The van der Waals surface area contributed by atoms with Crippen molar-refractivity contribution < 1.29 is 8.42 Å². The maximum absolute atomic E-state index is 12.6. The van der Waals surface area contributed by atoms with E-state index in [0.29, 0.717) is 4.90 Å². The fourth-order valence-corrected chi connectivity index (χ4v) is 4.13. The number of hydrogen-bond donors (Lipinski definition) is 1. The third-order valence-electron chi connectivity index (χ3n) is 3.63. The van der Waals surface area contributed by atoms with Crippen LogP contribution in [0.1, 0.15) is 19.3 Å². The highest BCUT2D eigenvalue weighted by Gasteiger charge is 2.21. The summed E-state index contributed by atoms with van der Waals surface area (Å²) in [4.78, 5) is 0.366. The second kappa shape index (κ2) is 5.38. The van der Waals surface area contributed by atoms with Gasteiger partial charge in [-0.15, -0.1) is 0 Å². The summed E-state index contributed by atoms with van der Waals surface area (Å²) in [6, 6.07) is 13.0. The van der Waals surface area contributed by atoms with E-state index < -0.39 is 10.0 Å². The second-order valence-electron chi connectivity index (χ2n) is 5.08. The summed E-state index contributed by atoms with van der Waals surface area (Å²) in [5, 5.41) is 1.72. The fraction of sp³-hybridized carbons (Fsp3) is 0.250. The summed E-state index contributed by atoms with van der Waals surface area (Å²) in [7, 11) is -3.47. The lowest BCUT2D eigenvalue weighted by molar-refractivity contribution is 0.523. The van der Waals surface area contributed by atoms with Crippen LogP contribution in [0.3, 0.4) is 0 Å². The molecule has 20 heavy (non-hydrogen) atoms. The molecule has 0 bridgehead atoms. The minimum atomic E-state index is -3.47. The van der Waals surface area contributed by atoms with Crippen molar-refractivity contribution in [2.75, 3.05) is 0 Å². The van der Waals surface area contributed by atoms with E-state index in [1.807, 2.05) is 36.4 Å². The largest absolute Gasteiger partial charge is 0.241 e. The highest BCUT2D eigenvalue weighted by atomic mass is 32.2. The van der Waals surface area contributed by atoms with Gasteiger partial charge in [0.15, 0.2) is 0 Å². The van der Waals surface area contributed by atoms with Gasteiger partial charge < -0.3 is 0 Å². The summed E-state index contributed by atoms with van der Waals surface area (Å²) >= 11 is 0. The average Bonchev–Trinajstić information content (AvgIpc) is 2.47. The van der Waals surface area contributed by atoms with Gasteiger partial charge in [-0.3, -0.25) is 0 Å². The molecule has 3 nitrogen and oxygen atoms in total. The van der Waals surface area contributed by atoms with E-state index in [0.717, 1.165) is 30.0 Å². The van der Waals surface area contributed by atoms with Gasteiger partial charge in [0.05, 0.1) is 4.90 Å². The lowest BCUT2D eigenvalue weighted by atomic mass is 10.0. The fourth-order valence-electron chi connectivity index (χ4n) is 2.61. The minimum Gasteiger partial charge on any atom is -0.208 e. The average molecular weight is 287 g/mol. The molecule has 2 aromatic rings. The lowest BCUT2D eigenvalue weighted by Gasteiger charge is -2.19. The summed E-state index contributed by atoms with van der Waals surface area (Å²) in [6.45, 7) is 0. The first-order chi connectivity index (χ1) is 9.67. The first kappa shape index (κ1) is 13.3. The number of hydrogen-bond acceptors (Lipinski definition) is 2. The van der Waals surface area contributed by atoms with Crippen molar-refractivity contribution >= 4 is 20.8 Å². The van der Waals surface area contributed by atoms with Crippen LogP contribution in [0.25, 0.3) is 10.8 Å². The number of allylic oxidation sites excluding steroid dienone is 1. The van der Waals surface area contributed by atoms with Gasteiger partial charge in [-0.1, -0.05) is 48.6 Å². The molecule has 0 fully saturated rings. The SMILES string of the molecule is O=S(=O)(NC1CC=CCC1)c1cccc2ccccc12. The maximum atomic E-state index is 12.6. The van der Waals surface area contributed by atoms with E-state index in [2.05, 4.69) is 10.8 Å². The van der Waals surface area contributed by atoms with Crippen molar-refractivity contribution in [3.8, 4) is 0 Å². The third-order valence-corrected chi connectivity index (χ3v) is 5.21. The molecule has 2 aromatic carbocycles. The molecule has 3 rings (SSSR count). The Bertz CT molecular complexity index is 745. The molecular weight excluding hydrogens is 270 g/mol. The zero-order valence-corrected chi connectivity index (χ0v) is 11.9. The molecule has 0 spiro atoms. The van der Waals surface area contributed by atoms with Crippen molar-refractivity contribution in [3.63, 3.8) is 0 Å². The number of nitrogens with one attached hydrogen (secondary N) is 1. The minimum absolute atomic E-state index is 0.00367. The van der Waals surface area contributed by atoms with Crippen LogP contribution in [-0.2, 0) is 10.0 Å². The third kappa shape index (κ3) is 2.62. The molecule has 0 radical (unpaired) electrons. The van der Waals surface area contributed by atoms with Gasteiger partial charge in [-0.25, -0.2) is 13.1 Å². The number of sulfonamides is 1. The number of fused-ring (bicyclic) bond motifs is 1. The Hall–Kier alpha value is -1.65. The second-order valence-corrected chi connectivity index (χ2v) is 6.76. The van der Waals surface area contributed by atoms with Gasteiger partial charge in [0.25, 0.3) is 0 Å². The lowest BCUT2D eigenvalue weighted by Crippen LogP contribution is -2.35. The molecular formula is C16H17NO2S. The summed E-state index contributed by atoms with van der Waals surface area (Å²) in [5.41, 5.74) is 0. The van der Waals surface area contributed by atoms with E-state index in [-0.39, 0.29) is 6.04 Å². The topological polar surface area (TPSA) is 46.2 Å². The van der Waals surface area contributed by atoms with Crippen LogP contribution < -0.4 is 4.72 Å². The van der Waals surface area contributed by atoms with E-state index >= 15 is 0 Å². The van der Waals surface area contributed by atoms with Gasteiger partial charge in [-0.05, 0) is 30.7 Å². The smallest absolute Gasteiger partial charge is 0.208 e. The van der Waals surface area contributed by atoms with Crippen LogP contribution in [-0.4, -0.2) is 14.5 Å². The Balaban J connectivity index is 1.98. The summed E-state index contributed by atoms with van der Waals surface area (Å²) in [6.07, 6.45) is 6.70. The Labute approximate surface area is 119 Å². The van der Waals surface area contributed by atoms with Crippen molar-refractivity contribution in [2.45, 2.75) is 30.2 Å². The molecule has 1 aliphatic rings. The molecule has 0 heterocycles. The van der Waals surface area contributed by atoms with Gasteiger partial charge in [0.1, 0.15) is 0 Å². The molecule has 0 amide bonds. The van der Waals surface area contributed by atoms with Crippen LogP contribution in [0.2, 0.25) is 0 Å². The summed E-state index contributed by atoms with van der Waals surface area (Å²) in [5.74, 6) is 0. The Kier molecular flexibility index (Phi) is 3.59. The highest BCUT2D eigenvalue weighted by molar-refractivity contribution is 7.89. The Morgan fingerprint density at radius 3 is 2.60 bits per heavy atom. The van der Waals surface area contributed by atoms with Crippen molar-refractivity contribution in [2.24, 2.45) is 0 Å². The van der Waals surface area contributed by atoms with Gasteiger partial charge >= 0.3 is 0 Å². The van der Waals surface area contributed by atoms with Crippen molar-refractivity contribution in [3.05, 3.63) is 54.6 Å². The first-order valence-electron chi connectivity index (χ1n) is 6.82. The molecule has 1 aliphatic carbocycles. The predicted octanol–water partition coefficient (Wildman–Crippen LogP) is 3.23. The van der Waals surface area contributed by atoms with Crippen LogP contribution >= 0.6 is 0 Å². The standard InChI is InChI=1S/C16H17NO2S/c18-20(19,17-14-9-2-1-3-10-14)16-12-6-8-13-7-4-5-11-15(13)16/h1-2,4-8,11-12,14,17H,3,9-10H2. The molecule has 4 heteroatoms.